The second kappa shape index (κ2) is 3.99. The summed E-state index contributed by atoms with van der Waals surface area (Å²) in [6.07, 6.45) is 1.20. The summed E-state index contributed by atoms with van der Waals surface area (Å²) < 4.78 is 40.6. The van der Waals surface area contributed by atoms with Crippen molar-refractivity contribution in [1.29, 1.82) is 0 Å². The summed E-state index contributed by atoms with van der Waals surface area (Å²) in [6, 6.07) is 0.909. The SMILES string of the molecule is CC(F)(F)c1cc(C(=O)O)n(CC2CC3(C2)CC3F)n1. The number of carboxylic acids is 1. The van der Waals surface area contributed by atoms with Crippen LogP contribution in [0.15, 0.2) is 6.07 Å². The molecule has 1 unspecified atom stereocenters. The summed E-state index contributed by atoms with van der Waals surface area (Å²) in [4.78, 5) is 11.1. The smallest absolute Gasteiger partial charge is 0.354 e. The van der Waals surface area contributed by atoms with Crippen LogP contribution < -0.4 is 0 Å². The fraction of sp³-hybridized carbons (Fsp3) is 0.692. The summed E-state index contributed by atoms with van der Waals surface area (Å²) in [5.41, 5.74) is -0.979. The van der Waals surface area contributed by atoms with Crippen LogP contribution in [0.4, 0.5) is 13.2 Å². The molecule has 0 aliphatic heterocycles. The van der Waals surface area contributed by atoms with Gasteiger partial charge < -0.3 is 5.11 Å². The maximum Gasteiger partial charge on any atom is 0.354 e. The van der Waals surface area contributed by atoms with E-state index in [1.807, 2.05) is 0 Å². The van der Waals surface area contributed by atoms with E-state index < -0.39 is 23.8 Å². The third-order valence-electron chi connectivity index (χ3n) is 4.36. The van der Waals surface area contributed by atoms with Gasteiger partial charge in [0, 0.05) is 24.9 Å². The van der Waals surface area contributed by atoms with Crippen molar-refractivity contribution < 1.29 is 23.1 Å². The number of aromatic carboxylic acids is 1. The first-order valence-corrected chi connectivity index (χ1v) is 6.55. The van der Waals surface area contributed by atoms with Crippen LogP contribution in [0.2, 0.25) is 0 Å². The lowest BCUT2D eigenvalue weighted by atomic mass is 9.71. The molecule has 0 aromatic carbocycles. The number of hydrogen-bond donors (Lipinski definition) is 1. The highest BCUT2D eigenvalue weighted by Gasteiger charge is 2.62. The van der Waals surface area contributed by atoms with Gasteiger partial charge in [0.25, 0.3) is 5.92 Å². The Balaban J connectivity index is 1.75. The Morgan fingerprint density at radius 1 is 1.55 bits per heavy atom. The lowest BCUT2D eigenvalue weighted by Gasteiger charge is -2.35. The Hall–Kier alpha value is -1.53. The van der Waals surface area contributed by atoms with Crippen molar-refractivity contribution in [3.63, 3.8) is 0 Å². The summed E-state index contributed by atoms with van der Waals surface area (Å²) in [5, 5.41) is 12.7. The highest BCUT2D eigenvalue weighted by molar-refractivity contribution is 5.85. The lowest BCUT2D eigenvalue weighted by molar-refractivity contribution is 0.0116. The van der Waals surface area contributed by atoms with E-state index in [0.717, 1.165) is 10.7 Å². The molecule has 20 heavy (non-hydrogen) atoms. The van der Waals surface area contributed by atoms with Crippen molar-refractivity contribution in [1.82, 2.24) is 9.78 Å². The first-order valence-electron chi connectivity index (χ1n) is 6.55. The monoisotopic (exact) mass is 288 g/mol. The lowest BCUT2D eigenvalue weighted by Crippen LogP contribution is -2.32. The van der Waals surface area contributed by atoms with E-state index in [2.05, 4.69) is 5.10 Å². The van der Waals surface area contributed by atoms with Gasteiger partial charge in [-0.2, -0.15) is 13.9 Å². The van der Waals surface area contributed by atoms with Crippen LogP contribution in [0, 0.1) is 11.3 Å². The quantitative estimate of drug-likeness (QED) is 0.927. The molecule has 0 saturated heterocycles. The average molecular weight is 288 g/mol. The van der Waals surface area contributed by atoms with Gasteiger partial charge in [-0.1, -0.05) is 0 Å². The summed E-state index contributed by atoms with van der Waals surface area (Å²) >= 11 is 0. The van der Waals surface area contributed by atoms with Gasteiger partial charge in [-0.05, 0) is 25.2 Å². The minimum absolute atomic E-state index is 0.118. The normalized spacial score (nSPS) is 32.2. The van der Waals surface area contributed by atoms with E-state index in [0.29, 0.717) is 26.2 Å². The largest absolute Gasteiger partial charge is 0.477 e. The van der Waals surface area contributed by atoms with E-state index in [1.165, 1.54) is 0 Å². The number of carboxylic acid groups (broad SMARTS) is 1. The van der Waals surface area contributed by atoms with Gasteiger partial charge in [-0.15, -0.1) is 0 Å². The number of carbonyl (C=O) groups is 1. The molecule has 1 atom stereocenters. The predicted octanol–water partition coefficient (Wildman–Crippen LogP) is 2.83. The van der Waals surface area contributed by atoms with Gasteiger partial charge in [-0.25, -0.2) is 9.18 Å². The van der Waals surface area contributed by atoms with Crippen molar-refractivity contribution in [3.05, 3.63) is 17.5 Å². The Bertz CT molecular complexity index is 558. The fourth-order valence-corrected chi connectivity index (χ4v) is 3.13. The summed E-state index contributed by atoms with van der Waals surface area (Å²) in [6.45, 7) is 0.938. The van der Waals surface area contributed by atoms with Crippen molar-refractivity contribution in [2.75, 3.05) is 0 Å². The molecule has 3 rings (SSSR count). The van der Waals surface area contributed by atoms with E-state index in [1.54, 1.807) is 0 Å². The van der Waals surface area contributed by atoms with Gasteiger partial charge in [0.1, 0.15) is 17.6 Å². The number of halogens is 3. The van der Waals surface area contributed by atoms with Gasteiger partial charge in [0.15, 0.2) is 0 Å². The van der Waals surface area contributed by atoms with Gasteiger partial charge in [-0.3, -0.25) is 4.68 Å². The molecule has 2 aliphatic rings. The number of alkyl halides is 3. The Morgan fingerprint density at radius 3 is 2.60 bits per heavy atom. The van der Waals surface area contributed by atoms with Gasteiger partial charge in [0.2, 0.25) is 0 Å². The van der Waals surface area contributed by atoms with E-state index in [-0.39, 0.29) is 23.6 Å². The molecule has 0 amide bonds. The van der Waals surface area contributed by atoms with E-state index in [9.17, 15) is 18.0 Å². The van der Waals surface area contributed by atoms with Crippen LogP contribution in [0.5, 0.6) is 0 Å². The highest BCUT2D eigenvalue weighted by atomic mass is 19.3. The molecule has 110 valence electrons. The molecule has 0 radical (unpaired) electrons. The molecule has 2 saturated carbocycles. The summed E-state index contributed by atoms with van der Waals surface area (Å²) in [7, 11) is 0. The van der Waals surface area contributed by atoms with Crippen LogP contribution in [0.25, 0.3) is 0 Å². The van der Waals surface area contributed by atoms with Crippen LogP contribution >= 0.6 is 0 Å². The third-order valence-corrected chi connectivity index (χ3v) is 4.36. The number of hydrogen-bond acceptors (Lipinski definition) is 2. The van der Waals surface area contributed by atoms with Crippen LogP contribution in [0.3, 0.4) is 0 Å². The molecule has 0 bridgehead atoms. The maximum absolute atomic E-state index is 13.2. The molecule has 1 aromatic rings. The molecule has 4 nitrogen and oxygen atoms in total. The topological polar surface area (TPSA) is 55.1 Å². The highest BCUT2D eigenvalue weighted by Crippen LogP contribution is 2.65. The van der Waals surface area contributed by atoms with Crippen molar-refractivity contribution in [2.45, 2.75) is 44.8 Å². The Morgan fingerprint density at radius 2 is 2.15 bits per heavy atom. The molecular weight excluding hydrogens is 273 g/mol. The van der Waals surface area contributed by atoms with E-state index in [4.69, 9.17) is 5.11 Å². The first kappa shape index (κ1) is 13.5. The van der Waals surface area contributed by atoms with Crippen LogP contribution in [0.1, 0.15) is 42.4 Å². The number of rotatable bonds is 4. The molecule has 7 heteroatoms. The molecule has 1 N–H and O–H groups in total. The van der Waals surface area contributed by atoms with Crippen molar-refractivity contribution in [3.8, 4) is 0 Å². The minimum atomic E-state index is -3.17. The second-order valence-electron chi connectivity index (χ2n) is 6.10. The molecule has 2 fully saturated rings. The maximum atomic E-state index is 13.2. The molecule has 2 aliphatic carbocycles. The fourth-order valence-electron chi connectivity index (χ4n) is 3.13. The predicted molar refractivity (Wildman–Crippen MR) is 63.4 cm³/mol. The molecule has 1 aromatic heterocycles. The zero-order valence-corrected chi connectivity index (χ0v) is 10.9. The zero-order chi connectivity index (χ0) is 14.7. The standard InChI is InChI=1S/C13H15F3N2O2/c1-12(15,16)10-2-8(11(19)20)18(17-10)6-7-3-13(4-7)5-9(13)14/h2,7,9H,3-6H2,1H3,(H,19,20). The zero-order valence-electron chi connectivity index (χ0n) is 10.9. The van der Waals surface area contributed by atoms with Crippen molar-refractivity contribution >= 4 is 5.97 Å². The summed E-state index contributed by atoms with van der Waals surface area (Å²) in [5.74, 6) is -4.33. The minimum Gasteiger partial charge on any atom is -0.477 e. The third kappa shape index (κ3) is 2.09. The van der Waals surface area contributed by atoms with E-state index >= 15 is 0 Å². The first-order chi connectivity index (χ1) is 9.21. The molecular formula is C13H15F3N2O2. The number of aromatic nitrogens is 2. The van der Waals surface area contributed by atoms with Crippen molar-refractivity contribution in [2.24, 2.45) is 11.3 Å². The Labute approximate surface area is 113 Å². The van der Waals surface area contributed by atoms with Gasteiger partial charge >= 0.3 is 5.97 Å². The average Bonchev–Trinajstić information content (AvgIpc) is 2.75. The molecule has 1 heterocycles. The second-order valence-corrected chi connectivity index (χ2v) is 6.10. The van der Waals surface area contributed by atoms with Crippen LogP contribution in [-0.2, 0) is 12.5 Å². The Kier molecular flexibility index (Phi) is 2.68. The van der Waals surface area contributed by atoms with Gasteiger partial charge in [0.05, 0.1) is 0 Å². The van der Waals surface area contributed by atoms with Crippen LogP contribution in [-0.4, -0.2) is 27.0 Å². The molecule has 1 spiro atoms. The number of nitrogens with zero attached hydrogens (tertiary/aromatic N) is 2.